The van der Waals surface area contributed by atoms with Gasteiger partial charge in [-0.1, -0.05) is 15.9 Å². The molecule has 1 heterocycles. The molecule has 120 valence electrons. The Morgan fingerprint density at radius 2 is 2.23 bits per heavy atom. The van der Waals surface area contributed by atoms with Crippen LogP contribution < -0.4 is 0 Å². The molecule has 1 aliphatic rings. The van der Waals surface area contributed by atoms with Crippen molar-refractivity contribution in [2.75, 3.05) is 18.1 Å². The fraction of sp³-hybridized carbons (Fsp3) is 0.400. The van der Waals surface area contributed by atoms with Gasteiger partial charge in [0.15, 0.2) is 9.84 Å². The molecule has 0 bridgehead atoms. The summed E-state index contributed by atoms with van der Waals surface area (Å²) in [5.41, 5.74) is 0.304. The van der Waals surface area contributed by atoms with Crippen LogP contribution in [0.3, 0.4) is 0 Å². The Morgan fingerprint density at radius 3 is 2.82 bits per heavy atom. The van der Waals surface area contributed by atoms with Crippen LogP contribution >= 0.6 is 15.9 Å². The summed E-state index contributed by atoms with van der Waals surface area (Å²) in [6.07, 6.45) is 3.16. The van der Waals surface area contributed by atoms with Crippen molar-refractivity contribution < 1.29 is 17.6 Å². The van der Waals surface area contributed by atoms with E-state index in [9.17, 15) is 17.6 Å². The summed E-state index contributed by atoms with van der Waals surface area (Å²) in [6.45, 7) is 2.22. The standard InChI is InChI=1S/C15H17BrFNO3S/c1-2-18(13-7-8-22(20,21)10-13)15(19)6-3-11-9-12(16)4-5-14(11)17/h3-6,9,13H,2,7-8,10H2,1H3/b6-3+. The van der Waals surface area contributed by atoms with Crippen molar-refractivity contribution in [1.29, 1.82) is 0 Å². The SMILES string of the molecule is CCN(C(=O)/C=C/c1cc(Br)ccc1F)C1CCS(=O)(=O)C1. The number of halogens is 2. The van der Waals surface area contributed by atoms with Gasteiger partial charge in [0.1, 0.15) is 5.82 Å². The van der Waals surface area contributed by atoms with Crippen LogP contribution in [-0.2, 0) is 14.6 Å². The molecule has 0 radical (unpaired) electrons. The van der Waals surface area contributed by atoms with E-state index in [0.717, 1.165) is 4.47 Å². The van der Waals surface area contributed by atoms with Crippen LogP contribution in [0, 0.1) is 5.82 Å². The molecule has 22 heavy (non-hydrogen) atoms. The Labute approximate surface area is 138 Å². The molecule has 0 aliphatic carbocycles. The van der Waals surface area contributed by atoms with Crippen LogP contribution in [0.4, 0.5) is 4.39 Å². The number of carbonyl (C=O) groups excluding carboxylic acids is 1. The average molecular weight is 390 g/mol. The minimum atomic E-state index is -3.05. The van der Waals surface area contributed by atoms with E-state index in [1.54, 1.807) is 19.1 Å². The predicted octanol–water partition coefficient (Wildman–Crippen LogP) is 2.64. The lowest BCUT2D eigenvalue weighted by Gasteiger charge is -2.25. The molecule has 0 saturated carbocycles. The van der Waals surface area contributed by atoms with E-state index >= 15 is 0 Å². The second kappa shape index (κ2) is 6.91. The van der Waals surface area contributed by atoms with E-state index in [1.165, 1.54) is 23.1 Å². The van der Waals surface area contributed by atoms with Gasteiger partial charge in [0.25, 0.3) is 0 Å². The quantitative estimate of drug-likeness (QED) is 0.743. The third-order valence-electron chi connectivity index (χ3n) is 3.64. The van der Waals surface area contributed by atoms with Crippen molar-refractivity contribution in [3.8, 4) is 0 Å². The molecule has 1 unspecified atom stereocenters. The monoisotopic (exact) mass is 389 g/mol. The number of carbonyl (C=O) groups is 1. The maximum atomic E-state index is 13.6. The first-order chi connectivity index (χ1) is 10.3. The summed E-state index contributed by atoms with van der Waals surface area (Å²) in [4.78, 5) is 13.8. The summed E-state index contributed by atoms with van der Waals surface area (Å²) in [5.74, 6) is -0.598. The van der Waals surface area contributed by atoms with Crippen LogP contribution in [-0.4, -0.2) is 43.3 Å². The fourth-order valence-electron chi connectivity index (χ4n) is 2.51. The molecule has 1 atom stereocenters. The van der Waals surface area contributed by atoms with E-state index in [2.05, 4.69) is 15.9 Å². The Balaban J connectivity index is 2.12. The van der Waals surface area contributed by atoms with E-state index in [-0.39, 0.29) is 23.5 Å². The number of hydrogen-bond acceptors (Lipinski definition) is 3. The predicted molar refractivity (Wildman–Crippen MR) is 87.6 cm³/mol. The summed E-state index contributed by atoms with van der Waals surface area (Å²) in [7, 11) is -3.05. The topological polar surface area (TPSA) is 54.5 Å². The van der Waals surface area contributed by atoms with Crippen molar-refractivity contribution in [2.45, 2.75) is 19.4 Å². The average Bonchev–Trinajstić information content (AvgIpc) is 2.80. The highest BCUT2D eigenvalue weighted by molar-refractivity contribution is 9.10. The lowest BCUT2D eigenvalue weighted by atomic mass is 10.2. The van der Waals surface area contributed by atoms with Crippen LogP contribution in [0.1, 0.15) is 18.9 Å². The second-order valence-electron chi connectivity index (χ2n) is 5.18. The first kappa shape index (κ1) is 17.1. The first-order valence-electron chi connectivity index (χ1n) is 6.96. The van der Waals surface area contributed by atoms with Crippen molar-refractivity contribution in [1.82, 2.24) is 4.90 Å². The van der Waals surface area contributed by atoms with Gasteiger partial charge in [-0.05, 0) is 37.6 Å². The fourth-order valence-corrected chi connectivity index (χ4v) is 4.62. The Morgan fingerprint density at radius 1 is 1.50 bits per heavy atom. The molecule has 0 N–H and O–H groups in total. The van der Waals surface area contributed by atoms with Crippen molar-refractivity contribution in [3.05, 3.63) is 40.1 Å². The van der Waals surface area contributed by atoms with Gasteiger partial charge in [0.05, 0.1) is 11.5 Å². The summed E-state index contributed by atoms with van der Waals surface area (Å²) < 4.78 is 37.4. The molecule has 1 fully saturated rings. The second-order valence-corrected chi connectivity index (χ2v) is 8.32. The Bertz CT molecular complexity index is 703. The minimum absolute atomic E-state index is 0.00562. The van der Waals surface area contributed by atoms with E-state index < -0.39 is 15.7 Å². The van der Waals surface area contributed by atoms with Gasteiger partial charge in [-0.3, -0.25) is 4.79 Å². The van der Waals surface area contributed by atoms with Gasteiger partial charge >= 0.3 is 0 Å². The van der Waals surface area contributed by atoms with Crippen molar-refractivity contribution in [3.63, 3.8) is 0 Å². The minimum Gasteiger partial charge on any atom is -0.335 e. The van der Waals surface area contributed by atoms with Gasteiger partial charge < -0.3 is 4.90 Å². The first-order valence-corrected chi connectivity index (χ1v) is 9.58. The van der Waals surface area contributed by atoms with Crippen LogP contribution in [0.25, 0.3) is 6.08 Å². The zero-order chi connectivity index (χ0) is 16.3. The molecular formula is C15H17BrFNO3S. The number of rotatable bonds is 4. The summed E-state index contributed by atoms with van der Waals surface area (Å²) in [5, 5.41) is 0. The highest BCUT2D eigenvalue weighted by Gasteiger charge is 2.33. The largest absolute Gasteiger partial charge is 0.335 e. The van der Waals surface area contributed by atoms with Gasteiger partial charge in [-0.25, -0.2) is 12.8 Å². The Hall–Kier alpha value is -1.21. The van der Waals surface area contributed by atoms with Crippen LogP contribution in [0.2, 0.25) is 0 Å². The number of hydrogen-bond donors (Lipinski definition) is 0. The van der Waals surface area contributed by atoms with Crippen molar-refractivity contribution >= 4 is 37.8 Å². The summed E-state index contributed by atoms with van der Waals surface area (Å²) in [6, 6.07) is 4.18. The third-order valence-corrected chi connectivity index (χ3v) is 5.88. The number of benzene rings is 1. The molecular weight excluding hydrogens is 373 g/mol. The number of amides is 1. The maximum absolute atomic E-state index is 13.6. The summed E-state index contributed by atoms with van der Waals surface area (Å²) >= 11 is 3.25. The number of sulfone groups is 1. The molecule has 0 spiro atoms. The highest BCUT2D eigenvalue weighted by atomic mass is 79.9. The maximum Gasteiger partial charge on any atom is 0.246 e. The molecule has 0 aromatic heterocycles. The molecule has 4 nitrogen and oxygen atoms in total. The zero-order valence-corrected chi connectivity index (χ0v) is 14.5. The molecule has 1 amide bonds. The van der Waals surface area contributed by atoms with Crippen molar-refractivity contribution in [2.24, 2.45) is 0 Å². The smallest absolute Gasteiger partial charge is 0.246 e. The molecule has 1 aromatic carbocycles. The normalized spacial score (nSPS) is 20.4. The number of nitrogens with zero attached hydrogens (tertiary/aromatic N) is 1. The Kier molecular flexibility index (Phi) is 5.39. The third kappa shape index (κ3) is 4.16. The van der Waals surface area contributed by atoms with Crippen LogP contribution in [0.5, 0.6) is 0 Å². The van der Waals surface area contributed by atoms with Gasteiger partial charge in [-0.15, -0.1) is 0 Å². The van der Waals surface area contributed by atoms with Gasteiger partial charge in [0, 0.05) is 28.7 Å². The lowest BCUT2D eigenvalue weighted by molar-refractivity contribution is -0.127. The number of likely N-dealkylation sites (N-methyl/N-ethyl adjacent to an activating group) is 1. The van der Waals surface area contributed by atoms with E-state index in [4.69, 9.17) is 0 Å². The van der Waals surface area contributed by atoms with Gasteiger partial charge in [0.2, 0.25) is 5.91 Å². The molecule has 2 rings (SSSR count). The molecule has 1 aliphatic heterocycles. The van der Waals surface area contributed by atoms with Crippen LogP contribution in [0.15, 0.2) is 28.7 Å². The zero-order valence-electron chi connectivity index (χ0n) is 12.1. The van der Waals surface area contributed by atoms with Gasteiger partial charge in [-0.2, -0.15) is 0 Å². The van der Waals surface area contributed by atoms with E-state index in [0.29, 0.717) is 18.5 Å². The molecule has 7 heteroatoms. The van der Waals surface area contributed by atoms with E-state index in [1.807, 2.05) is 0 Å². The molecule has 1 saturated heterocycles. The molecule has 1 aromatic rings. The highest BCUT2D eigenvalue weighted by Crippen LogP contribution is 2.19. The lowest BCUT2D eigenvalue weighted by Crippen LogP contribution is -2.40.